The fraction of sp³-hybridized carbons (Fsp3) is 0.583. The van der Waals surface area contributed by atoms with Crippen molar-refractivity contribution in [3.05, 3.63) is 25.3 Å². The predicted molar refractivity (Wildman–Crippen MR) is 66.6 cm³/mol. The Bertz CT molecular complexity index is 296. The minimum absolute atomic E-state index is 0.207. The van der Waals surface area contributed by atoms with Crippen LogP contribution in [0.1, 0.15) is 0 Å². The summed E-state index contributed by atoms with van der Waals surface area (Å²) in [4.78, 5) is 14.0. The number of hydrogen-bond acceptors (Lipinski definition) is 3. The Morgan fingerprint density at radius 3 is 2.11 bits per heavy atom. The van der Waals surface area contributed by atoms with Crippen LogP contribution >= 0.6 is 0 Å². The SMILES string of the molecule is C=CCN(CC=C)C(=O)CN(CCO)CC(F)(F)F. The number of aliphatic hydroxyl groups is 1. The first-order valence-corrected chi connectivity index (χ1v) is 5.73. The molecule has 1 N–H and O–H groups in total. The number of hydrogen-bond donors (Lipinski definition) is 1. The van der Waals surface area contributed by atoms with E-state index in [9.17, 15) is 18.0 Å². The van der Waals surface area contributed by atoms with Crippen molar-refractivity contribution in [2.24, 2.45) is 0 Å². The summed E-state index contributed by atoms with van der Waals surface area (Å²) in [5.74, 6) is -0.461. The third-order valence-electron chi connectivity index (χ3n) is 2.23. The molecule has 0 atom stereocenters. The van der Waals surface area contributed by atoms with E-state index in [1.54, 1.807) is 0 Å². The summed E-state index contributed by atoms with van der Waals surface area (Å²) in [5.41, 5.74) is 0. The molecular formula is C12H19F3N2O2. The molecule has 0 aliphatic heterocycles. The summed E-state index contributed by atoms with van der Waals surface area (Å²) in [6, 6.07) is 0. The molecule has 0 rings (SSSR count). The molecule has 0 aromatic rings. The molecule has 1 amide bonds. The van der Waals surface area contributed by atoms with Crippen LogP contribution in [0.4, 0.5) is 13.2 Å². The molecule has 0 heterocycles. The largest absolute Gasteiger partial charge is 0.401 e. The van der Waals surface area contributed by atoms with Gasteiger partial charge >= 0.3 is 6.18 Å². The topological polar surface area (TPSA) is 43.8 Å². The number of aliphatic hydroxyl groups excluding tert-OH is 1. The van der Waals surface area contributed by atoms with Crippen LogP contribution in [0.5, 0.6) is 0 Å². The molecule has 0 saturated carbocycles. The van der Waals surface area contributed by atoms with Gasteiger partial charge in [-0.2, -0.15) is 13.2 Å². The maximum Gasteiger partial charge on any atom is 0.401 e. The highest BCUT2D eigenvalue weighted by Gasteiger charge is 2.31. The van der Waals surface area contributed by atoms with Gasteiger partial charge in [0.1, 0.15) is 0 Å². The van der Waals surface area contributed by atoms with Gasteiger partial charge in [-0.1, -0.05) is 12.2 Å². The number of carbonyl (C=O) groups is 1. The Kier molecular flexibility index (Phi) is 8.09. The van der Waals surface area contributed by atoms with Crippen molar-refractivity contribution in [3.63, 3.8) is 0 Å². The second-order valence-electron chi connectivity index (χ2n) is 3.93. The molecule has 4 nitrogen and oxygen atoms in total. The number of nitrogens with zero attached hydrogens (tertiary/aromatic N) is 2. The first-order valence-electron chi connectivity index (χ1n) is 5.73. The molecule has 0 fully saturated rings. The van der Waals surface area contributed by atoms with Crippen LogP contribution in [0.25, 0.3) is 0 Å². The molecule has 0 bridgehead atoms. The molecule has 0 aromatic heterocycles. The van der Waals surface area contributed by atoms with Gasteiger partial charge < -0.3 is 10.0 Å². The monoisotopic (exact) mass is 280 g/mol. The van der Waals surface area contributed by atoms with E-state index in [-0.39, 0.29) is 19.6 Å². The van der Waals surface area contributed by atoms with E-state index in [1.165, 1.54) is 17.1 Å². The van der Waals surface area contributed by atoms with E-state index >= 15 is 0 Å². The standard InChI is InChI=1S/C12H19F3N2O2/c1-3-5-17(6-4-2)11(19)9-16(7-8-18)10-12(13,14)15/h3-4,18H,1-2,5-10H2. The lowest BCUT2D eigenvalue weighted by Crippen LogP contribution is -2.44. The van der Waals surface area contributed by atoms with Crippen LogP contribution in [0.3, 0.4) is 0 Å². The van der Waals surface area contributed by atoms with Crippen molar-refractivity contribution in [2.45, 2.75) is 6.18 Å². The zero-order valence-electron chi connectivity index (χ0n) is 10.7. The van der Waals surface area contributed by atoms with Crippen molar-refractivity contribution in [1.82, 2.24) is 9.80 Å². The van der Waals surface area contributed by atoms with Gasteiger partial charge in [-0.05, 0) is 0 Å². The van der Waals surface area contributed by atoms with E-state index in [2.05, 4.69) is 13.2 Å². The Morgan fingerprint density at radius 2 is 1.74 bits per heavy atom. The Morgan fingerprint density at radius 1 is 1.21 bits per heavy atom. The molecule has 19 heavy (non-hydrogen) atoms. The van der Waals surface area contributed by atoms with Gasteiger partial charge in [-0.25, -0.2) is 0 Å². The fourth-order valence-corrected chi connectivity index (χ4v) is 1.49. The summed E-state index contributed by atoms with van der Waals surface area (Å²) >= 11 is 0. The second kappa shape index (κ2) is 8.71. The number of amides is 1. The summed E-state index contributed by atoms with van der Waals surface area (Å²) in [7, 11) is 0. The zero-order chi connectivity index (χ0) is 14.9. The van der Waals surface area contributed by atoms with Crippen LogP contribution in [-0.4, -0.2) is 66.3 Å². The maximum atomic E-state index is 12.3. The third kappa shape index (κ3) is 8.39. The van der Waals surface area contributed by atoms with E-state index in [4.69, 9.17) is 5.11 Å². The average Bonchev–Trinajstić information content (AvgIpc) is 2.26. The van der Waals surface area contributed by atoms with Gasteiger partial charge in [-0.3, -0.25) is 9.69 Å². The molecule has 110 valence electrons. The smallest absolute Gasteiger partial charge is 0.395 e. The summed E-state index contributed by atoms with van der Waals surface area (Å²) in [6.45, 7) is 5.16. The first-order chi connectivity index (χ1) is 8.84. The highest BCUT2D eigenvalue weighted by atomic mass is 19.4. The molecule has 7 heteroatoms. The lowest BCUT2D eigenvalue weighted by molar-refractivity contribution is -0.152. The minimum Gasteiger partial charge on any atom is -0.395 e. The van der Waals surface area contributed by atoms with Crippen LogP contribution in [0, 0.1) is 0 Å². The van der Waals surface area contributed by atoms with Crippen LogP contribution in [-0.2, 0) is 4.79 Å². The summed E-state index contributed by atoms with van der Waals surface area (Å²) < 4.78 is 36.9. The molecule has 0 aliphatic carbocycles. The highest BCUT2D eigenvalue weighted by Crippen LogP contribution is 2.16. The van der Waals surface area contributed by atoms with Crippen molar-refractivity contribution in [1.29, 1.82) is 0 Å². The van der Waals surface area contributed by atoms with Crippen molar-refractivity contribution in [3.8, 4) is 0 Å². The maximum absolute atomic E-state index is 12.3. The molecule has 0 aliphatic rings. The number of rotatable bonds is 9. The summed E-state index contributed by atoms with van der Waals surface area (Å²) in [6.07, 6.45) is -1.43. The van der Waals surface area contributed by atoms with E-state index in [1.807, 2.05) is 0 Å². The lowest BCUT2D eigenvalue weighted by Gasteiger charge is -2.26. The van der Waals surface area contributed by atoms with E-state index in [0.717, 1.165) is 4.90 Å². The Labute approximate surface area is 110 Å². The summed E-state index contributed by atoms with van der Waals surface area (Å²) in [5, 5.41) is 8.73. The third-order valence-corrected chi connectivity index (χ3v) is 2.23. The first kappa shape index (κ1) is 17.7. The molecular weight excluding hydrogens is 261 g/mol. The average molecular weight is 280 g/mol. The van der Waals surface area contributed by atoms with Gasteiger partial charge in [0.05, 0.1) is 19.7 Å². The van der Waals surface area contributed by atoms with Gasteiger partial charge in [-0.15, -0.1) is 13.2 Å². The predicted octanol–water partition coefficient (Wildman–Crippen LogP) is 1.04. The fourth-order valence-electron chi connectivity index (χ4n) is 1.49. The number of carbonyl (C=O) groups excluding carboxylic acids is 1. The number of alkyl halides is 3. The quantitative estimate of drug-likeness (QED) is 0.642. The van der Waals surface area contributed by atoms with Gasteiger partial charge in [0.2, 0.25) is 5.91 Å². The van der Waals surface area contributed by atoms with Gasteiger partial charge in [0.25, 0.3) is 0 Å². The molecule has 0 unspecified atom stereocenters. The second-order valence-corrected chi connectivity index (χ2v) is 3.93. The van der Waals surface area contributed by atoms with Crippen molar-refractivity contribution in [2.75, 3.05) is 39.3 Å². The minimum atomic E-state index is -4.41. The zero-order valence-corrected chi connectivity index (χ0v) is 10.7. The van der Waals surface area contributed by atoms with Gasteiger partial charge in [0.15, 0.2) is 0 Å². The highest BCUT2D eigenvalue weighted by molar-refractivity contribution is 5.78. The molecule has 0 saturated heterocycles. The lowest BCUT2D eigenvalue weighted by atomic mass is 10.3. The normalized spacial score (nSPS) is 11.4. The molecule has 0 spiro atoms. The van der Waals surface area contributed by atoms with E-state index < -0.39 is 31.8 Å². The van der Waals surface area contributed by atoms with Crippen molar-refractivity contribution < 1.29 is 23.1 Å². The van der Waals surface area contributed by atoms with Crippen LogP contribution in [0.15, 0.2) is 25.3 Å². The Balaban J connectivity index is 4.57. The van der Waals surface area contributed by atoms with E-state index in [0.29, 0.717) is 0 Å². The van der Waals surface area contributed by atoms with Crippen LogP contribution < -0.4 is 0 Å². The van der Waals surface area contributed by atoms with Gasteiger partial charge in [0, 0.05) is 19.6 Å². The Hall–Kier alpha value is -1.34. The van der Waals surface area contributed by atoms with Crippen LogP contribution in [0.2, 0.25) is 0 Å². The molecule has 0 radical (unpaired) electrons. The number of halogens is 3. The van der Waals surface area contributed by atoms with Crippen molar-refractivity contribution >= 4 is 5.91 Å². The molecule has 0 aromatic carbocycles.